The zero-order valence-corrected chi connectivity index (χ0v) is 20.9. The Bertz CT molecular complexity index is 153. The predicted octanol–water partition coefficient (Wildman–Crippen LogP) is 1.59. The monoisotopic (exact) mass is 403 g/mol. The van der Waals surface area contributed by atoms with Crippen LogP contribution in [0.2, 0.25) is 0 Å². The molecule has 0 saturated carbocycles. The molecule has 1 aliphatic rings. The van der Waals surface area contributed by atoms with Crippen LogP contribution in [0.15, 0.2) is 0 Å². The third kappa shape index (κ3) is 141. The van der Waals surface area contributed by atoms with Gasteiger partial charge in [0, 0.05) is 52.7 Å². The van der Waals surface area contributed by atoms with E-state index in [1.807, 2.05) is 0 Å². The smallest absolute Gasteiger partial charge is 0.0483 e. The molecule has 150 valence electrons. The van der Waals surface area contributed by atoms with Crippen LogP contribution >= 0.6 is 0 Å². The van der Waals surface area contributed by atoms with E-state index < -0.39 is 0 Å². The van der Waals surface area contributed by atoms with Crippen molar-refractivity contribution in [1.29, 1.82) is 0 Å². The Morgan fingerprint density at radius 1 is 0.708 bits per heavy atom. The minimum Gasteiger partial charge on any atom is -0.551 e. The van der Waals surface area contributed by atoms with Crippen molar-refractivity contribution in [2.45, 2.75) is 99.1 Å². The maximum Gasteiger partial charge on any atom is 0.0483 e. The number of hydrogen-bond acceptors (Lipinski definition) is 5. The van der Waals surface area contributed by atoms with Gasteiger partial charge in [-0.15, -0.1) is 10.2 Å². The van der Waals surface area contributed by atoms with E-state index in [-0.39, 0.29) is 46.1 Å². The average Bonchev–Trinajstić information content (AvgIpc) is 2.26. The predicted molar refractivity (Wildman–Crippen MR) is 102 cm³/mol. The molecule has 1 saturated heterocycles. The zero-order valence-electron chi connectivity index (χ0n) is 17.3. The second-order valence-electron chi connectivity index (χ2n) is 6.38. The molecule has 0 bridgehead atoms. The van der Waals surface area contributed by atoms with Crippen molar-refractivity contribution in [2.75, 3.05) is 6.61 Å². The average molecular weight is 403 g/mol. The minimum absolute atomic E-state index is 0. The molecule has 1 aliphatic heterocycles. The fourth-order valence-corrected chi connectivity index (χ4v) is 1.35. The molecule has 1 fully saturated rings. The Morgan fingerprint density at radius 3 is 1.04 bits per heavy atom. The van der Waals surface area contributed by atoms with E-state index in [2.05, 4.69) is 0 Å². The SMILES string of the molecule is CC(C)O.CC(C)O.CC(C)O.CC(C)O.[SiH3][C-]1CCCCO1.[Ti]. The zero-order chi connectivity index (χ0) is 19.4. The van der Waals surface area contributed by atoms with E-state index in [9.17, 15) is 0 Å². The van der Waals surface area contributed by atoms with Gasteiger partial charge in [0.05, 0.1) is 0 Å². The Labute approximate surface area is 168 Å². The molecule has 1 heterocycles. The van der Waals surface area contributed by atoms with Crippen molar-refractivity contribution in [3.05, 3.63) is 5.73 Å². The van der Waals surface area contributed by atoms with Crippen LogP contribution in [0.25, 0.3) is 0 Å². The van der Waals surface area contributed by atoms with E-state index in [4.69, 9.17) is 25.2 Å². The van der Waals surface area contributed by atoms with E-state index in [1.54, 1.807) is 55.4 Å². The maximum atomic E-state index is 8.06. The molecule has 0 atom stereocenters. The summed E-state index contributed by atoms with van der Waals surface area (Å²) in [5.74, 6) is 0. The number of ether oxygens (including phenoxy) is 1. The van der Waals surface area contributed by atoms with Gasteiger partial charge in [-0.25, -0.2) is 5.73 Å². The van der Waals surface area contributed by atoms with Crippen LogP contribution in [0.1, 0.15) is 74.7 Å². The summed E-state index contributed by atoms with van der Waals surface area (Å²) >= 11 is 0. The summed E-state index contributed by atoms with van der Waals surface area (Å²) in [5, 5.41) is 32.2. The molecule has 1 rings (SSSR count). The molecular formula is C17H43O5SiTi-. The fraction of sp³-hybridized carbons (Fsp3) is 0.941. The minimum atomic E-state index is -0.167. The molecule has 0 aromatic carbocycles. The van der Waals surface area contributed by atoms with E-state index in [1.165, 1.54) is 25.0 Å². The fourth-order valence-electron chi connectivity index (χ4n) is 0.795. The van der Waals surface area contributed by atoms with Gasteiger partial charge in [0.15, 0.2) is 0 Å². The number of aliphatic hydroxyl groups is 4. The Hall–Kier alpha value is 0.731. The van der Waals surface area contributed by atoms with Crippen molar-refractivity contribution in [3.8, 4) is 0 Å². The van der Waals surface area contributed by atoms with Crippen LogP contribution in [-0.4, -0.2) is 61.7 Å². The van der Waals surface area contributed by atoms with Crippen LogP contribution in [0, 0.1) is 5.73 Å². The molecule has 0 spiro atoms. The summed E-state index contributed by atoms with van der Waals surface area (Å²) in [6.45, 7) is 14.8. The number of hydrogen-bond donors (Lipinski definition) is 4. The van der Waals surface area contributed by atoms with Crippen molar-refractivity contribution in [1.82, 2.24) is 0 Å². The third-order valence-corrected chi connectivity index (χ3v) is 2.06. The van der Waals surface area contributed by atoms with Crippen LogP contribution in [0.3, 0.4) is 0 Å². The van der Waals surface area contributed by atoms with Crippen LogP contribution in [0.4, 0.5) is 0 Å². The molecule has 0 aromatic rings. The van der Waals surface area contributed by atoms with Crippen LogP contribution in [0.5, 0.6) is 0 Å². The topological polar surface area (TPSA) is 90.2 Å². The van der Waals surface area contributed by atoms with Crippen LogP contribution < -0.4 is 0 Å². The molecule has 5 nitrogen and oxygen atoms in total. The number of rotatable bonds is 0. The van der Waals surface area contributed by atoms with Gasteiger partial charge >= 0.3 is 0 Å². The Balaban J connectivity index is -0.0000000641. The standard InChI is InChI=1S/C5H11OSi.4C3H8O.Ti/c7-5-3-1-2-4-6-5;4*1-3(2)4;/h1-4H2,7H3;4*3-4H,1-2H3;/q-1;;;;;. The third-order valence-electron chi connectivity index (χ3n) is 1.27. The largest absolute Gasteiger partial charge is 0.551 e. The van der Waals surface area contributed by atoms with E-state index >= 15 is 0 Å². The van der Waals surface area contributed by atoms with E-state index in [0.717, 1.165) is 16.8 Å². The van der Waals surface area contributed by atoms with Gasteiger partial charge in [0.1, 0.15) is 0 Å². The van der Waals surface area contributed by atoms with Gasteiger partial charge < -0.3 is 25.2 Å². The molecule has 7 heteroatoms. The summed E-state index contributed by atoms with van der Waals surface area (Å²) in [5.41, 5.74) is 1.35. The second-order valence-corrected chi connectivity index (χ2v) is 7.50. The quantitative estimate of drug-likeness (QED) is 0.364. The molecule has 4 N–H and O–H groups in total. The van der Waals surface area contributed by atoms with Gasteiger partial charge in [-0.2, -0.15) is 6.42 Å². The van der Waals surface area contributed by atoms with Gasteiger partial charge in [0.25, 0.3) is 0 Å². The molecule has 0 aliphatic carbocycles. The van der Waals surface area contributed by atoms with Gasteiger partial charge in [0.2, 0.25) is 0 Å². The van der Waals surface area contributed by atoms with Gasteiger partial charge in [-0.05, 0) is 61.8 Å². The first-order chi connectivity index (χ1) is 10.3. The normalized spacial score (nSPS) is 13.5. The van der Waals surface area contributed by atoms with Crippen molar-refractivity contribution >= 4 is 10.2 Å². The van der Waals surface area contributed by atoms with Gasteiger partial charge in [-0.3, -0.25) is 0 Å². The first-order valence-electron chi connectivity index (χ1n) is 8.50. The molecular weight excluding hydrogens is 360 g/mol. The van der Waals surface area contributed by atoms with Crippen molar-refractivity contribution in [3.63, 3.8) is 0 Å². The summed E-state index contributed by atoms with van der Waals surface area (Å²) in [6, 6.07) is 0. The first kappa shape index (κ1) is 35.8. The van der Waals surface area contributed by atoms with Crippen molar-refractivity contribution in [2.24, 2.45) is 0 Å². The molecule has 0 radical (unpaired) electrons. The summed E-state index contributed by atoms with van der Waals surface area (Å²) < 4.78 is 5.26. The van der Waals surface area contributed by atoms with Crippen molar-refractivity contribution < 1.29 is 46.9 Å². The summed E-state index contributed by atoms with van der Waals surface area (Å²) in [7, 11) is 1.15. The molecule has 24 heavy (non-hydrogen) atoms. The summed E-state index contributed by atoms with van der Waals surface area (Å²) in [4.78, 5) is 0. The Kier molecular flexibility index (Phi) is 42.5. The molecule has 0 unspecified atom stereocenters. The Morgan fingerprint density at radius 2 is 0.958 bits per heavy atom. The summed E-state index contributed by atoms with van der Waals surface area (Å²) in [6.07, 6.45) is 3.21. The number of aliphatic hydroxyl groups excluding tert-OH is 4. The molecule has 0 amide bonds. The second kappa shape index (κ2) is 28.5. The van der Waals surface area contributed by atoms with E-state index in [0.29, 0.717) is 0 Å². The maximum absolute atomic E-state index is 8.06. The van der Waals surface area contributed by atoms with Crippen LogP contribution in [-0.2, 0) is 26.5 Å². The first-order valence-corrected chi connectivity index (χ1v) is 9.50. The molecule has 0 aromatic heterocycles. The van der Waals surface area contributed by atoms with Gasteiger partial charge in [-0.1, -0.05) is 6.42 Å².